The van der Waals surface area contributed by atoms with Gasteiger partial charge in [-0.25, -0.2) is 0 Å². The zero-order valence-electron chi connectivity index (χ0n) is 13.3. The summed E-state index contributed by atoms with van der Waals surface area (Å²) in [5.74, 6) is 1.44. The molecule has 0 aromatic heterocycles. The second-order valence-corrected chi connectivity index (χ2v) is 5.92. The molecule has 114 valence electrons. The first-order valence-corrected chi connectivity index (χ1v) is 7.47. The third-order valence-electron chi connectivity index (χ3n) is 4.26. The molecule has 0 aliphatic carbocycles. The summed E-state index contributed by atoms with van der Waals surface area (Å²) in [6.45, 7) is 5.91. The molecular formula is C19H20O3. The zero-order valence-corrected chi connectivity index (χ0v) is 13.3. The predicted octanol–water partition coefficient (Wildman–Crippen LogP) is 4.26. The molecule has 0 saturated heterocycles. The van der Waals surface area contributed by atoms with Gasteiger partial charge in [0.05, 0.1) is 18.6 Å². The number of benzene rings is 2. The van der Waals surface area contributed by atoms with Gasteiger partial charge in [0, 0.05) is 0 Å². The van der Waals surface area contributed by atoms with Crippen LogP contribution >= 0.6 is 0 Å². The fourth-order valence-electron chi connectivity index (χ4n) is 3.09. The van der Waals surface area contributed by atoms with E-state index in [0.29, 0.717) is 5.75 Å². The van der Waals surface area contributed by atoms with Crippen LogP contribution in [0.1, 0.15) is 40.1 Å². The number of Topliss-reactive ketones (excluding diaryl/α,β-unsaturated/α-hetero) is 1. The quantitative estimate of drug-likeness (QED) is 0.830. The maximum Gasteiger partial charge on any atom is 0.173 e. The number of rotatable bonds is 2. The van der Waals surface area contributed by atoms with Gasteiger partial charge in [0.1, 0.15) is 17.6 Å². The Morgan fingerprint density at radius 1 is 1.09 bits per heavy atom. The molecular weight excluding hydrogens is 276 g/mol. The number of fused-ring (bicyclic) bond motifs is 1. The Hall–Kier alpha value is -2.29. The van der Waals surface area contributed by atoms with Crippen molar-refractivity contribution >= 4 is 5.78 Å². The molecule has 2 aromatic carbocycles. The highest BCUT2D eigenvalue weighted by atomic mass is 16.5. The molecule has 2 atom stereocenters. The Bertz CT molecular complexity index is 716. The molecule has 3 nitrogen and oxygen atoms in total. The van der Waals surface area contributed by atoms with Crippen molar-refractivity contribution in [1.82, 2.24) is 0 Å². The summed E-state index contributed by atoms with van der Waals surface area (Å²) >= 11 is 0. The van der Waals surface area contributed by atoms with Crippen LogP contribution in [0.15, 0.2) is 36.4 Å². The number of methoxy groups -OCH3 is 1. The number of carbonyl (C=O) groups is 1. The third-order valence-corrected chi connectivity index (χ3v) is 4.26. The summed E-state index contributed by atoms with van der Waals surface area (Å²) in [7, 11) is 1.64. The molecule has 0 amide bonds. The van der Waals surface area contributed by atoms with Crippen LogP contribution in [-0.2, 0) is 0 Å². The zero-order chi connectivity index (χ0) is 15.9. The second kappa shape index (κ2) is 5.48. The third kappa shape index (κ3) is 2.37. The smallest absolute Gasteiger partial charge is 0.173 e. The number of carbonyl (C=O) groups excluding carboxylic acids is 1. The molecule has 0 radical (unpaired) electrons. The van der Waals surface area contributed by atoms with Crippen LogP contribution in [0.4, 0.5) is 0 Å². The van der Waals surface area contributed by atoms with E-state index < -0.39 is 0 Å². The van der Waals surface area contributed by atoms with Crippen LogP contribution < -0.4 is 9.47 Å². The van der Waals surface area contributed by atoms with E-state index >= 15 is 0 Å². The lowest BCUT2D eigenvalue weighted by Gasteiger charge is -2.32. The van der Waals surface area contributed by atoms with Gasteiger partial charge in [0.15, 0.2) is 5.78 Å². The average molecular weight is 296 g/mol. The van der Waals surface area contributed by atoms with Crippen molar-refractivity contribution in [3.63, 3.8) is 0 Å². The van der Waals surface area contributed by atoms with Crippen molar-refractivity contribution in [1.29, 1.82) is 0 Å². The van der Waals surface area contributed by atoms with E-state index in [0.717, 1.165) is 28.0 Å². The molecule has 2 unspecified atom stereocenters. The first-order chi connectivity index (χ1) is 10.5. The van der Waals surface area contributed by atoms with Crippen LogP contribution in [0.5, 0.6) is 11.5 Å². The van der Waals surface area contributed by atoms with Crippen LogP contribution in [0.3, 0.4) is 0 Å². The Balaban J connectivity index is 2.02. The molecule has 0 N–H and O–H groups in total. The fraction of sp³-hybridized carbons (Fsp3) is 0.316. The second-order valence-electron chi connectivity index (χ2n) is 5.92. The highest BCUT2D eigenvalue weighted by Gasteiger charge is 2.36. The molecule has 3 heteroatoms. The van der Waals surface area contributed by atoms with Gasteiger partial charge in [-0.05, 0) is 48.7 Å². The topological polar surface area (TPSA) is 35.5 Å². The highest BCUT2D eigenvalue weighted by molar-refractivity contribution is 6.02. The molecule has 1 aliphatic heterocycles. The molecule has 2 aromatic rings. The predicted molar refractivity (Wildman–Crippen MR) is 85.8 cm³/mol. The molecule has 1 aliphatic rings. The van der Waals surface area contributed by atoms with Crippen molar-refractivity contribution < 1.29 is 14.3 Å². The molecule has 0 fully saturated rings. The van der Waals surface area contributed by atoms with Crippen LogP contribution in [0, 0.1) is 19.8 Å². The normalized spacial score (nSPS) is 20.3. The van der Waals surface area contributed by atoms with E-state index in [1.54, 1.807) is 7.11 Å². The largest absolute Gasteiger partial charge is 0.497 e. The SMILES string of the molecule is COc1ccc(C2Oc3cc(C)cc(C)c3C(=O)C2C)cc1. The Morgan fingerprint density at radius 2 is 1.77 bits per heavy atom. The minimum Gasteiger partial charge on any atom is -0.497 e. The van der Waals surface area contributed by atoms with Gasteiger partial charge in [-0.1, -0.05) is 25.1 Å². The van der Waals surface area contributed by atoms with Crippen molar-refractivity contribution in [3.05, 3.63) is 58.7 Å². The molecule has 22 heavy (non-hydrogen) atoms. The summed E-state index contributed by atoms with van der Waals surface area (Å²) < 4.78 is 11.4. The first kappa shape index (κ1) is 14.6. The average Bonchev–Trinajstić information content (AvgIpc) is 2.50. The van der Waals surface area contributed by atoms with Crippen LogP contribution in [0.2, 0.25) is 0 Å². The van der Waals surface area contributed by atoms with E-state index in [1.807, 2.05) is 57.2 Å². The lowest BCUT2D eigenvalue weighted by molar-refractivity contribution is 0.0689. The van der Waals surface area contributed by atoms with Gasteiger partial charge < -0.3 is 9.47 Å². The lowest BCUT2D eigenvalue weighted by Crippen LogP contribution is -2.30. The summed E-state index contributed by atoms with van der Waals surface area (Å²) in [5, 5.41) is 0. The number of aryl methyl sites for hydroxylation is 2. The van der Waals surface area contributed by atoms with Gasteiger partial charge in [-0.15, -0.1) is 0 Å². The summed E-state index contributed by atoms with van der Waals surface area (Å²) in [5.41, 5.74) is 3.81. The molecule has 0 spiro atoms. The van der Waals surface area contributed by atoms with Gasteiger partial charge in [-0.2, -0.15) is 0 Å². The minimum absolute atomic E-state index is 0.152. The Kier molecular flexibility index (Phi) is 3.65. The standard InChI is InChI=1S/C19H20O3/c1-11-9-12(2)17-16(10-11)22-19(13(3)18(17)20)14-5-7-15(21-4)8-6-14/h5-10,13,19H,1-4H3. The molecule has 3 rings (SSSR count). The number of hydrogen-bond acceptors (Lipinski definition) is 3. The lowest BCUT2D eigenvalue weighted by atomic mass is 9.85. The van der Waals surface area contributed by atoms with Gasteiger partial charge >= 0.3 is 0 Å². The molecule has 1 heterocycles. The van der Waals surface area contributed by atoms with Gasteiger partial charge in [-0.3, -0.25) is 4.79 Å². The van der Waals surface area contributed by atoms with E-state index in [2.05, 4.69) is 0 Å². The summed E-state index contributed by atoms with van der Waals surface area (Å²) in [4.78, 5) is 12.8. The van der Waals surface area contributed by atoms with Crippen molar-refractivity contribution in [2.75, 3.05) is 7.11 Å². The van der Waals surface area contributed by atoms with Crippen LogP contribution in [-0.4, -0.2) is 12.9 Å². The highest BCUT2D eigenvalue weighted by Crippen LogP contribution is 2.40. The number of ketones is 1. The van der Waals surface area contributed by atoms with Crippen molar-refractivity contribution in [3.8, 4) is 11.5 Å². The Morgan fingerprint density at radius 3 is 2.41 bits per heavy atom. The maximum absolute atomic E-state index is 12.8. The van der Waals surface area contributed by atoms with Crippen LogP contribution in [0.25, 0.3) is 0 Å². The first-order valence-electron chi connectivity index (χ1n) is 7.47. The Labute approximate surface area is 130 Å². The minimum atomic E-state index is -0.257. The van der Waals surface area contributed by atoms with E-state index in [9.17, 15) is 4.79 Å². The maximum atomic E-state index is 12.8. The monoisotopic (exact) mass is 296 g/mol. The molecule has 0 saturated carbocycles. The van der Waals surface area contributed by atoms with E-state index in [-0.39, 0.29) is 17.8 Å². The molecule has 0 bridgehead atoms. The number of ether oxygens (including phenoxy) is 2. The van der Waals surface area contributed by atoms with Gasteiger partial charge in [0.25, 0.3) is 0 Å². The van der Waals surface area contributed by atoms with E-state index in [1.165, 1.54) is 0 Å². The summed E-state index contributed by atoms with van der Waals surface area (Å²) in [6, 6.07) is 11.7. The van der Waals surface area contributed by atoms with Crippen molar-refractivity contribution in [2.24, 2.45) is 5.92 Å². The van der Waals surface area contributed by atoms with Crippen molar-refractivity contribution in [2.45, 2.75) is 26.9 Å². The number of hydrogen-bond donors (Lipinski definition) is 0. The summed E-state index contributed by atoms with van der Waals surface area (Å²) in [6.07, 6.45) is -0.257. The van der Waals surface area contributed by atoms with Gasteiger partial charge in [0.2, 0.25) is 0 Å². The fourth-order valence-corrected chi connectivity index (χ4v) is 3.09. The van der Waals surface area contributed by atoms with E-state index in [4.69, 9.17) is 9.47 Å².